The van der Waals surface area contributed by atoms with Crippen LogP contribution in [0.3, 0.4) is 0 Å². The van der Waals surface area contributed by atoms with E-state index in [1.54, 1.807) is 30.5 Å². The number of hydrogen-bond acceptors (Lipinski definition) is 4. The molecule has 134 valence electrons. The number of hydrogen-bond donors (Lipinski definition) is 3. The first-order valence-electron chi connectivity index (χ1n) is 8.09. The molecule has 0 atom stereocenters. The summed E-state index contributed by atoms with van der Waals surface area (Å²) < 4.78 is 0. The number of aryl methyl sites for hydroxylation is 1. The molecule has 0 bridgehead atoms. The predicted octanol–water partition coefficient (Wildman–Crippen LogP) is 2.32. The van der Waals surface area contributed by atoms with E-state index in [9.17, 15) is 14.4 Å². The number of anilines is 2. The van der Waals surface area contributed by atoms with Crippen LogP contribution in [-0.4, -0.2) is 23.9 Å². The summed E-state index contributed by atoms with van der Waals surface area (Å²) >= 11 is 0. The van der Waals surface area contributed by atoms with E-state index in [4.69, 9.17) is 0 Å². The monoisotopic (exact) mass is 352 g/mol. The minimum Gasteiger partial charge on any atom is -0.326 e. The van der Waals surface area contributed by atoms with Crippen LogP contribution < -0.4 is 16.1 Å². The summed E-state index contributed by atoms with van der Waals surface area (Å²) in [5, 5.41) is 8.82. The van der Waals surface area contributed by atoms with Crippen molar-refractivity contribution in [1.29, 1.82) is 0 Å². The van der Waals surface area contributed by atoms with Gasteiger partial charge in [-0.15, -0.1) is 0 Å². The molecule has 0 unspecified atom stereocenters. The first-order chi connectivity index (χ1) is 12.5. The smallest absolute Gasteiger partial charge is 0.326 e. The van der Waals surface area contributed by atoms with E-state index in [1.807, 2.05) is 30.3 Å². The van der Waals surface area contributed by atoms with Gasteiger partial charge in [-0.3, -0.25) is 14.4 Å². The Balaban J connectivity index is 1.74. The molecule has 2 aromatic rings. The highest BCUT2D eigenvalue weighted by Crippen LogP contribution is 2.13. The second kappa shape index (κ2) is 9.73. The van der Waals surface area contributed by atoms with Gasteiger partial charge in [0.15, 0.2) is 0 Å². The van der Waals surface area contributed by atoms with Gasteiger partial charge in [0.2, 0.25) is 5.91 Å². The van der Waals surface area contributed by atoms with Gasteiger partial charge in [-0.25, -0.2) is 5.43 Å². The van der Waals surface area contributed by atoms with Crippen LogP contribution in [0.25, 0.3) is 0 Å². The lowest BCUT2D eigenvalue weighted by molar-refractivity contribution is -0.136. The summed E-state index contributed by atoms with van der Waals surface area (Å²) in [7, 11) is 0. The zero-order valence-corrected chi connectivity index (χ0v) is 14.4. The van der Waals surface area contributed by atoms with Crippen molar-refractivity contribution < 1.29 is 14.4 Å². The highest BCUT2D eigenvalue weighted by atomic mass is 16.2. The molecule has 0 saturated heterocycles. The molecular weight excluding hydrogens is 332 g/mol. The van der Waals surface area contributed by atoms with E-state index in [0.717, 1.165) is 6.42 Å². The van der Waals surface area contributed by atoms with E-state index in [-0.39, 0.29) is 5.91 Å². The van der Waals surface area contributed by atoms with Crippen molar-refractivity contribution in [2.75, 3.05) is 10.6 Å². The summed E-state index contributed by atoms with van der Waals surface area (Å²) in [5.74, 6) is -1.87. The normalized spacial score (nSPS) is 10.3. The summed E-state index contributed by atoms with van der Waals surface area (Å²) in [4.78, 5) is 34.4. The van der Waals surface area contributed by atoms with E-state index < -0.39 is 11.8 Å². The number of nitrogens with one attached hydrogen (secondary N) is 3. The maximum absolute atomic E-state index is 11.8. The van der Waals surface area contributed by atoms with Crippen LogP contribution in [0.2, 0.25) is 0 Å². The third-order valence-corrected chi connectivity index (χ3v) is 3.33. The maximum atomic E-state index is 11.8. The molecule has 0 fully saturated rings. The Labute approximate surface area is 151 Å². The van der Waals surface area contributed by atoms with Gasteiger partial charge in [-0.05, 0) is 42.7 Å². The Kier molecular flexibility index (Phi) is 7.05. The van der Waals surface area contributed by atoms with Crippen LogP contribution >= 0.6 is 0 Å². The molecule has 2 aromatic carbocycles. The molecule has 26 heavy (non-hydrogen) atoms. The molecule has 3 N–H and O–H groups in total. The van der Waals surface area contributed by atoms with Crippen LogP contribution in [0.1, 0.15) is 18.9 Å². The van der Waals surface area contributed by atoms with Crippen LogP contribution in [0.5, 0.6) is 0 Å². The van der Waals surface area contributed by atoms with Crippen LogP contribution in [0, 0.1) is 0 Å². The van der Waals surface area contributed by atoms with E-state index in [2.05, 4.69) is 21.2 Å². The standard InChI is InChI=1S/C19H20N4O3/c1-14(24)21-16-9-11-17(12-10-16)22-18(25)19(26)23-20-13-5-8-15-6-3-2-4-7-15/h2-4,6-7,9-13H,5,8H2,1H3,(H,21,24)(H,22,25)(H,23,26)/b20-13+. The number of carbonyl (C=O) groups is 3. The summed E-state index contributed by atoms with van der Waals surface area (Å²) in [5.41, 5.74) is 4.40. The second-order valence-corrected chi connectivity index (χ2v) is 5.49. The number of carbonyl (C=O) groups excluding carboxylic acids is 3. The van der Waals surface area contributed by atoms with Gasteiger partial charge in [-0.1, -0.05) is 30.3 Å². The van der Waals surface area contributed by atoms with E-state index in [1.165, 1.54) is 12.5 Å². The zero-order chi connectivity index (χ0) is 18.8. The minimum absolute atomic E-state index is 0.189. The molecule has 0 aliphatic carbocycles. The van der Waals surface area contributed by atoms with Crippen LogP contribution in [-0.2, 0) is 20.8 Å². The lowest BCUT2D eigenvalue weighted by Crippen LogP contribution is -2.32. The molecule has 0 aliphatic heterocycles. The highest BCUT2D eigenvalue weighted by Gasteiger charge is 2.12. The molecule has 0 radical (unpaired) electrons. The predicted molar refractivity (Wildman–Crippen MR) is 101 cm³/mol. The van der Waals surface area contributed by atoms with E-state index >= 15 is 0 Å². The van der Waals surface area contributed by atoms with Crippen LogP contribution in [0.4, 0.5) is 11.4 Å². The van der Waals surface area contributed by atoms with Gasteiger partial charge in [-0.2, -0.15) is 5.10 Å². The largest absolute Gasteiger partial charge is 0.329 e. The number of benzene rings is 2. The molecule has 0 spiro atoms. The summed E-state index contributed by atoms with van der Waals surface area (Å²) in [6.45, 7) is 1.40. The summed E-state index contributed by atoms with van der Waals surface area (Å²) in [6.07, 6.45) is 3.00. The first kappa shape index (κ1) is 18.9. The quantitative estimate of drug-likeness (QED) is 0.422. The Morgan fingerprint density at radius 1 is 0.885 bits per heavy atom. The van der Waals surface area contributed by atoms with E-state index in [0.29, 0.717) is 17.8 Å². The number of nitrogens with zero attached hydrogens (tertiary/aromatic N) is 1. The number of hydrazone groups is 1. The third kappa shape index (κ3) is 6.56. The van der Waals surface area contributed by atoms with Gasteiger partial charge in [0.1, 0.15) is 0 Å². The molecule has 2 rings (SSSR count). The Morgan fingerprint density at radius 3 is 2.12 bits per heavy atom. The lowest BCUT2D eigenvalue weighted by Gasteiger charge is -2.06. The molecule has 0 heterocycles. The van der Waals surface area contributed by atoms with Crippen molar-refractivity contribution >= 4 is 35.3 Å². The van der Waals surface area contributed by atoms with Gasteiger partial charge < -0.3 is 10.6 Å². The van der Waals surface area contributed by atoms with Gasteiger partial charge >= 0.3 is 11.8 Å². The molecular formula is C19H20N4O3. The Bertz CT molecular complexity index is 786. The second-order valence-electron chi connectivity index (χ2n) is 5.49. The van der Waals surface area contributed by atoms with Gasteiger partial charge in [0, 0.05) is 24.5 Å². The Hall–Kier alpha value is -3.48. The van der Waals surface area contributed by atoms with Crippen molar-refractivity contribution in [3.8, 4) is 0 Å². The average Bonchev–Trinajstić information content (AvgIpc) is 2.63. The topological polar surface area (TPSA) is 99.7 Å². The maximum Gasteiger partial charge on any atom is 0.329 e. The fourth-order valence-electron chi connectivity index (χ4n) is 2.12. The van der Waals surface area contributed by atoms with Gasteiger partial charge in [0.25, 0.3) is 0 Å². The number of amides is 3. The fourth-order valence-corrected chi connectivity index (χ4v) is 2.12. The average molecular weight is 352 g/mol. The molecule has 0 saturated carbocycles. The summed E-state index contributed by atoms with van der Waals surface area (Å²) in [6, 6.07) is 16.3. The van der Waals surface area contributed by atoms with Crippen molar-refractivity contribution in [2.24, 2.45) is 5.10 Å². The first-order valence-corrected chi connectivity index (χ1v) is 8.09. The van der Waals surface area contributed by atoms with Gasteiger partial charge in [0.05, 0.1) is 0 Å². The van der Waals surface area contributed by atoms with Crippen molar-refractivity contribution in [1.82, 2.24) is 5.43 Å². The minimum atomic E-state index is -0.855. The Morgan fingerprint density at radius 2 is 1.50 bits per heavy atom. The van der Waals surface area contributed by atoms with Crippen LogP contribution in [0.15, 0.2) is 59.7 Å². The SMILES string of the molecule is CC(=O)Nc1ccc(NC(=O)C(=O)N/N=C/CCc2ccccc2)cc1. The highest BCUT2D eigenvalue weighted by molar-refractivity contribution is 6.39. The van der Waals surface area contributed by atoms with Crippen molar-refractivity contribution in [3.05, 3.63) is 60.2 Å². The lowest BCUT2D eigenvalue weighted by atomic mass is 10.1. The zero-order valence-electron chi connectivity index (χ0n) is 14.4. The number of rotatable bonds is 6. The molecule has 0 aliphatic rings. The molecule has 7 nitrogen and oxygen atoms in total. The molecule has 7 heteroatoms. The van der Waals surface area contributed by atoms with Crippen molar-refractivity contribution in [3.63, 3.8) is 0 Å². The molecule has 3 amide bonds. The van der Waals surface area contributed by atoms with Crippen molar-refractivity contribution in [2.45, 2.75) is 19.8 Å². The third-order valence-electron chi connectivity index (χ3n) is 3.33. The fraction of sp³-hybridized carbons (Fsp3) is 0.158. The molecule has 0 aromatic heterocycles.